The van der Waals surface area contributed by atoms with Crippen LogP contribution in [0.3, 0.4) is 0 Å². The number of amides is 1. The Labute approximate surface area is 152 Å². The SMILES string of the molecule is CS(=O)(=O)c1ccc2nc(NC(=O)CSc3ccc(F)cc3)sc2c1. The van der Waals surface area contributed by atoms with E-state index in [0.717, 1.165) is 11.2 Å². The Hall–Kier alpha value is -1.97. The van der Waals surface area contributed by atoms with Crippen molar-refractivity contribution in [1.82, 2.24) is 4.98 Å². The number of sulfone groups is 1. The lowest BCUT2D eigenvalue weighted by Gasteiger charge is -2.02. The fraction of sp³-hybridized carbons (Fsp3) is 0.125. The van der Waals surface area contributed by atoms with Crippen LogP contribution in [0.25, 0.3) is 10.2 Å². The van der Waals surface area contributed by atoms with Crippen LogP contribution in [0.2, 0.25) is 0 Å². The number of thiazole rings is 1. The van der Waals surface area contributed by atoms with E-state index in [1.807, 2.05) is 0 Å². The summed E-state index contributed by atoms with van der Waals surface area (Å²) in [5.41, 5.74) is 0.624. The second kappa shape index (κ2) is 7.11. The average Bonchev–Trinajstić information content (AvgIpc) is 2.94. The average molecular weight is 396 g/mol. The van der Waals surface area contributed by atoms with Gasteiger partial charge in [0.2, 0.25) is 5.91 Å². The largest absolute Gasteiger partial charge is 0.301 e. The molecular formula is C16H13FN2O3S3. The van der Waals surface area contributed by atoms with Gasteiger partial charge in [-0.2, -0.15) is 0 Å². The number of hydrogen-bond donors (Lipinski definition) is 1. The number of hydrogen-bond acceptors (Lipinski definition) is 6. The fourth-order valence-corrected chi connectivity index (χ4v) is 4.37. The minimum absolute atomic E-state index is 0.163. The normalized spacial score (nSPS) is 11.6. The van der Waals surface area contributed by atoms with E-state index in [9.17, 15) is 17.6 Å². The Morgan fingerprint density at radius 2 is 1.96 bits per heavy atom. The highest BCUT2D eigenvalue weighted by Gasteiger charge is 2.12. The van der Waals surface area contributed by atoms with Gasteiger partial charge in [-0.15, -0.1) is 11.8 Å². The molecule has 0 spiro atoms. The van der Waals surface area contributed by atoms with Crippen molar-refractivity contribution in [3.63, 3.8) is 0 Å². The van der Waals surface area contributed by atoms with E-state index in [4.69, 9.17) is 0 Å². The van der Waals surface area contributed by atoms with Crippen molar-refractivity contribution in [2.45, 2.75) is 9.79 Å². The molecule has 0 aliphatic heterocycles. The van der Waals surface area contributed by atoms with Gasteiger partial charge in [-0.25, -0.2) is 17.8 Å². The van der Waals surface area contributed by atoms with Crippen molar-refractivity contribution in [3.05, 3.63) is 48.3 Å². The Balaban J connectivity index is 1.67. The second-order valence-electron chi connectivity index (χ2n) is 5.21. The third-order valence-corrected chi connectivity index (χ3v) is 6.27. The Morgan fingerprint density at radius 3 is 2.64 bits per heavy atom. The molecular weight excluding hydrogens is 383 g/mol. The number of rotatable bonds is 5. The summed E-state index contributed by atoms with van der Waals surface area (Å²) >= 11 is 2.50. The van der Waals surface area contributed by atoms with Crippen LogP contribution in [-0.2, 0) is 14.6 Å². The molecule has 1 heterocycles. The summed E-state index contributed by atoms with van der Waals surface area (Å²) in [5, 5.41) is 3.10. The van der Waals surface area contributed by atoms with Gasteiger partial charge in [0.25, 0.3) is 0 Å². The molecule has 3 rings (SSSR count). The monoisotopic (exact) mass is 396 g/mol. The van der Waals surface area contributed by atoms with Crippen molar-refractivity contribution in [2.75, 3.05) is 17.3 Å². The van der Waals surface area contributed by atoms with E-state index in [-0.39, 0.29) is 22.4 Å². The first-order chi connectivity index (χ1) is 11.8. The number of halogens is 1. The first-order valence-electron chi connectivity index (χ1n) is 7.10. The van der Waals surface area contributed by atoms with Gasteiger partial charge in [-0.1, -0.05) is 11.3 Å². The van der Waals surface area contributed by atoms with Gasteiger partial charge in [0.15, 0.2) is 15.0 Å². The molecule has 1 amide bonds. The minimum Gasteiger partial charge on any atom is -0.301 e. The summed E-state index contributed by atoms with van der Waals surface area (Å²) in [5.74, 6) is -0.399. The predicted molar refractivity (Wildman–Crippen MR) is 98.5 cm³/mol. The van der Waals surface area contributed by atoms with E-state index in [1.165, 1.54) is 41.3 Å². The second-order valence-corrected chi connectivity index (χ2v) is 9.31. The lowest BCUT2D eigenvalue weighted by atomic mass is 10.3. The number of carbonyl (C=O) groups excluding carboxylic acids is 1. The summed E-state index contributed by atoms with van der Waals surface area (Å²) in [6.45, 7) is 0. The van der Waals surface area contributed by atoms with Crippen LogP contribution in [0.4, 0.5) is 9.52 Å². The predicted octanol–water partition coefficient (Wildman–Crippen LogP) is 3.57. The molecule has 0 fully saturated rings. The van der Waals surface area contributed by atoms with E-state index >= 15 is 0 Å². The Kier molecular flexibility index (Phi) is 5.07. The zero-order valence-electron chi connectivity index (χ0n) is 13.0. The van der Waals surface area contributed by atoms with Crippen molar-refractivity contribution >= 4 is 54.2 Å². The summed E-state index contributed by atoms with van der Waals surface area (Å²) in [7, 11) is -3.29. The molecule has 0 bridgehead atoms. The number of thioether (sulfide) groups is 1. The summed E-state index contributed by atoms with van der Waals surface area (Å²) < 4.78 is 36.7. The van der Waals surface area contributed by atoms with Crippen molar-refractivity contribution in [2.24, 2.45) is 0 Å². The summed E-state index contributed by atoms with van der Waals surface area (Å²) in [6.07, 6.45) is 1.14. The number of aromatic nitrogens is 1. The highest BCUT2D eigenvalue weighted by Crippen LogP contribution is 2.28. The van der Waals surface area contributed by atoms with Gasteiger partial charge in [-0.05, 0) is 42.5 Å². The molecule has 0 radical (unpaired) electrons. The van der Waals surface area contributed by atoms with Gasteiger partial charge in [0, 0.05) is 11.2 Å². The zero-order valence-corrected chi connectivity index (χ0v) is 15.5. The molecule has 0 saturated carbocycles. The van der Waals surface area contributed by atoms with Crippen LogP contribution in [-0.4, -0.2) is 31.3 Å². The van der Waals surface area contributed by atoms with Crippen LogP contribution < -0.4 is 5.32 Å². The summed E-state index contributed by atoms with van der Waals surface area (Å²) in [6, 6.07) is 10.6. The van der Waals surface area contributed by atoms with Crippen LogP contribution in [0.5, 0.6) is 0 Å². The van der Waals surface area contributed by atoms with Crippen LogP contribution in [0, 0.1) is 5.82 Å². The fourth-order valence-electron chi connectivity index (χ4n) is 2.02. The van der Waals surface area contributed by atoms with Gasteiger partial charge < -0.3 is 5.32 Å². The van der Waals surface area contributed by atoms with Crippen molar-refractivity contribution in [1.29, 1.82) is 0 Å². The molecule has 0 aliphatic carbocycles. The van der Waals surface area contributed by atoms with Gasteiger partial charge in [0.05, 0.1) is 20.9 Å². The van der Waals surface area contributed by atoms with Crippen LogP contribution in [0.1, 0.15) is 0 Å². The van der Waals surface area contributed by atoms with Crippen LogP contribution in [0.15, 0.2) is 52.3 Å². The standard InChI is InChI=1S/C16H13FN2O3S3/c1-25(21,22)12-6-7-13-14(8-12)24-16(18-13)19-15(20)9-23-11-4-2-10(17)3-5-11/h2-8H,9H2,1H3,(H,18,19,20). The number of anilines is 1. The molecule has 1 aromatic heterocycles. The van der Waals surface area contributed by atoms with E-state index in [2.05, 4.69) is 10.3 Å². The number of nitrogens with one attached hydrogen (secondary N) is 1. The maximum Gasteiger partial charge on any atom is 0.236 e. The number of benzene rings is 2. The zero-order chi connectivity index (χ0) is 18.0. The van der Waals surface area contributed by atoms with E-state index in [0.29, 0.717) is 15.3 Å². The molecule has 0 saturated heterocycles. The quantitative estimate of drug-likeness (QED) is 0.667. The molecule has 5 nitrogen and oxygen atoms in total. The molecule has 9 heteroatoms. The molecule has 3 aromatic rings. The third kappa shape index (κ3) is 4.56. The Bertz CT molecular complexity index is 1030. The third-order valence-electron chi connectivity index (χ3n) is 3.22. The number of carbonyl (C=O) groups is 1. The molecule has 1 N–H and O–H groups in total. The first kappa shape index (κ1) is 17.8. The van der Waals surface area contributed by atoms with E-state index < -0.39 is 9.84 Å². The Morgan fingerprint density at radius 1 is 1.24 bits per heavy atom. The lowest BCUT2D eigenvalue weighted by molar-refractivity contribution is -0.113. The highest BCUT2D eigenvalue weighted by molar-refractivity contribution is 8.00. The van der Waals surface area contributed by atoms with Crippen molar-refractivity contribution < 1.29 is 17.6 Å². The summed E-state index contributed by atoms with van der Waals surface area (Å²) in [4.78, 5) is 17.3. The molecule has 130 valence electrons. The molecule has 25 heavy (non-hydrogen) atoms. The van der Waals surface area contributed by atoms with Gasteiger partial charge in [-0.3, -0.25) is 4.79 Å². The molecule has 0 atom stereocenters. The van der Waals surface area contributed by atoms with Crippen LogP contribution >= 0.6 is 23.1 Å². The lowest BCUT2D eigenvalue weighted by Crippen LogP contribution is -2.13. The first-order valence-corrected chi connectivity index (χ1v) is 10.8. The molecule has 0 unspecified atom stereocenters. The molecule has 0 aliphatic rings. The van der Waals surface area contributed by atoms with Gasteiger partial charge in [0.1, 0.15) is 5.82 Å². The number of fused-ring (bicyclic) bond motifs is 1. The van der Waals surface area contributed by atoms with E-state index in [1.54, 1.807) is 24.3 Å². The maximum atomic E-state index is 12.8. The maximum absolute atomic E-state index is 12.8. The van der Waals surface area contributed by atoms with Gasteiger partial charge >= 0.3 is 0 Å². The van der Waals surface area contributed by atoms with Crippen molar-refractivity contribution in [3.8, 4) is 0 Å². The highest BCUT2D eigenvalue weighted by atomic mass is 32.2. The smallest absolute Gasteiger partial charge is 0.236 e. The number of nitrogens with zero attached hydrogens (tertiary/aromatic N) is 1. The molecule has 2 aromatic carbocycles. The topological polar surface area (TPSA) is 76.1 Å². The minimum atomic E-state index is -3.29.